The standard InChI is InChI=1S/C19H24N8O/c1-2-23-18-17(10-15(11-20)12-24-18)27(14-26-8-6-21-7-9-26)19(28)25-16-4-3-5-22-13-16/h3-5,10,12-13,21H,2,6-9,14H2,1H3,(H,23,24)(H,25,28). The summed E-state index contributed by atoms with van der Waals surface area (Å²) in [6, 6.07) is 7.03. The SMILES string of the molecule is CCNc1ncc(C#N)cc1N(CN1CCNCC1)C(=O)Nc1cccnc1. The van der Waals surface area contributed by atoms with Crippen molar-refractivity contribution < 1.29 is 4.79 Å². The molecule has 28 heavy (non-hydrogen) atoms. The Morgan fingerprint density at radius 3 is 2.89 bits per heavy atom. The molecule has 1 saturated heterocycles. The van der Waals surface area contributed by atoms with Crippen LogP contribution >= 0.6 is 0 Å². The first-order valence-electron chi connectivity index (χ1n) is 9.27. The molecule has 9 heteroatoms. The normalized spacial score (nSPS) is 14.1. The number of carbonyl (C=O) groups is 1. The maximum Gasteiger partial charge on any atom is 0.327 e. The largest absolute Gasteiger partial charge is 0.369 e. The Hall–Kier alpha value is -3.22. The van der Waals surface area contributed by atoms with E-state index in [2.05, 4.69) is 36.9 Å². The molecular formula is C19H24N8O. The Morgan fingerprint density at radius 1 is 1.39 bits per heavy atom. The van der Waals surface area contributed by atoms with Crippen LogP contribution in [0.5, 0.6) is 0 Å². The molecule has 2 aromatic rings. The van der Waals surface area contributed by atoms with Crippen LogP contribution < -0.4 is 20.9 Å². The van der Waals surface area contributed by atoms with Gasteiger partial charge in [-0.3, -0.25) is 14.8 Å². The van der Waals surface area contributed by atoms with Gasteiger partial charge in [0.2, 0.25) is 0 Å². The topological polar surface area (TPSA) is 109 Å². The molecule has 1 fully saturated rings. The van der Waals surface area contributed by atoms with Crippen LogP contribution in [0.15, 0.2) is 36.8 Å². The summed E-state index contributed by atoms with van der Waals surface area (Å²) in [7, 11) is 0. The maximum atomic E-state index is 13.1. The van der Waals surface area contributed by atoms with E-state index in [-0.39, 0.29) is 6.03 Å². The van der Waals surface area contributed by atoms with Crippen molar-refractivity contribution in [1.82, 2.24) is 20.2 Å². The van der Waals surface area contributed by atoms with Crippen LogP contribution in [0, 0.1) is 11.3 Å². The summed E-state index contributed by atoms with van der Waals surface area (Å²) in [5, 5.41) is 18.7. The number of hydrogen-bond acceptors (Lipinski definition) is 7. The van der Waals surface area contributed by atoms with Gasteiger partial charge in [-0.1, -0.05) is 0 Å². The highest BCUT2D eigenvalue weighted by Crippen LogP contribution is 2.26. The monoisotopic (exact) mass is 380 g/mol. The molecule has 0 bridgehead atoms. The molecule has 146 valence electrons. The lowest BCUT2D eigenvalue weighted by atomic mass is 10.2. The van der Waals surface area contributed by atoms with E-state index >= 15 is 0 Å². The molecule has 0 aromatic carbocycles. The van der Waals surface area contributed by atoms with Gasteiger partial charge in [0.05, 0.1) is 29.8 Å². The Balaban J connectivity index is 1.93. The number of nitriles is 1. The third-order valence-electron chi connectivity index (χ3n) is 4.34. The number of hydrogen-bond donors (Lipinski definition) is 3. The van der Waals surface area contributed by atoms with Crippen LogP contribution in [0.1, 0.15) is 12.5 Å². The molecule has 0 saturated carbocycles. The fourth-order valence-corrected chi connectivity index (χ4v) is 2.95. The van der Waals surface area contributed by atoms with E-state index in [4.69, 9.17) is 0 Å². The van der Waals surface area contributed by atoms with Crippen LogP contribution in [0.25, 0.3) is 0 Å². The number of urea groups is 1. The van der Waals surface area contributed by atoms with E-state index in [0.29, 0.717) is 36.0 Å². The first kappa shape index (κ1) is 19.5. The van der Waals surface area contributed by atoms with Crippen LogP contribution in [0.2, 0.25) is 0 Å². The minimum absolute atomic E-state index is 0.303. The third-order valence-corrected chi connectivity index (χ3v) is 4.34. The van der Waals surface area contributed by atoms with Crippen molar-refractivity contribution in [3.63, 3.8) is 0 Å². The zero-order valence-corrected chi connectivity index (χ0v) is 15.9. The zero-order chi connectivity index (χ0) is 19.8. The molecular weight excluding hydrogens is 356 g/mol. The summed E-state index contributed by atoms with van der Waals surface area (Å²) in [6.07, 6.45) is 4.75. The lowest BCUT2D eigenvalue weighted by Gasteiger charge is -2.33. The number of piperazine rings is 1. The van der Waals surface area contributed by atoms with E-state index < -0.39 is 0 Å². The molecule has 2 amide bonds. The van der Waals surface area contributed by atoms with E-state index in [9.17, 15) is 10.1 Å². The quantitative estimate of drug-likeness (QED) is 0.699. The van der Waals surface area contributed by atoms with Crippen molar-refractivity contribution >= 4 is 23.2 Å². The van der Waals surface area contributed by atoms with Gasteiger partial charge in [0.25, 0.3) is 0 Å². The minimum atomic E-state index is -0.303. The van der Waals surface area contributed by atoms with Gasteiger partial charge in [-0.2, -0.15) is 5.26 Å². The molecule has 1 aliphatic heterocycles. The molecule has 3 rings (SSSR count). The predicted molar refractivity (Wildman–Crippen MR) is 108 cm³/mol. The number of nitrogens with one attached hydrogen (secondary N) is 3. The van der Waals surface area contributed by atoms with Gasteiger partial charge in [-0.15, -0.1) is 0 Å². The van der Waals surface area contributed by atoms with Crippen molar-refractivity contribution in [2.45, 2.75) is 6.92 Å². The molecule has 0 unspecified atom stereocenters. The second kappa shape index (κ2) is 9.64. The van der Waals surface area contributed by atoms with E-state index in [1.807, 2.05) is 6.92 Å². The first-order valence-corrected chi connectivity index (χ1v) is 9.27. The molecule has 9 nitrogen and oxygen atoms in total. The van der Waals surface area contributed by atoms with Crippen molar-refractivity contribution in [3.05, 3.63) is 42.4 Å². The highest BCUT2D eigenvalue weighted by molar-refractivity contribution is 6.03. The van der Waals surface area contributed by atoms with Gasteiger partial charge >= 0.3 is 6.03 Å². The summed E-state index contributed by atoms with van der Waals surface area (Å²) in [5.74, 6) is 0.568. The lowest BCUT2D eigenvalue weighted by molar-refractivity contribution is 0.228. The molecule has 1 aliphatic rings. The number of rotatable bonds is 6. The molecule has 2 aromatic heterocycles. The van der Waals surface area contributed by atoms with Gasteiger partial charge in [-0.25, -0.2) is 9.78 Å². The van der Waals surface area contributed by atoms with E-state index in [0.717, 1.165) is 26.2 Å². The molecule has 0 spiro atoms. The van der Waals surface area contributed by atoms with Crippen LogP contribution in [-0.4, -0.2) is 60.3 Å². The minimum Gasteiger partial charge on any atom is -0.369 e. The molecule has 3 heterocycles. The average molecular weight is 380 g/mol. The van der Waals surface area contributed by atoms with Crippen molar-refractivity contribution in [2.24, 2.45) is 0 Å². The Labute approximate surface area is 164 Å². The number of amides is 2. The number of pyridine rings is 2. The Morgan fingerprint density at radius 2 is 2.21 bits per heavy atom. The molecule has 0 radical (unpaired) electrons. The van der Waals surface area contributed by atoms with Crippen LogP contribution in [-0.2, 0) is 0 Å². The average Bonchev–Trinajstić information content (AvgIpc) is 2.74. The number of aromatic nitrogens is 2. The summed E-state index contributed by atoms with van der Waals surface area (Å²) in [5.41, 5.74) is 1.57. The summed E-state index contributed by atoms with van der Waals surface area (Å²) >= 11 is 0. The van der Waals surface area contributed by atoms with Gasteiger partial charge in [0.1, 0.15) is 11.9 Å². The van der Waals surface area contributed by atoms with Crippen LogP contribution in [0.4, 0.5) is 22.0 Å². The second-order valence-electron chi connectivity index (χ2n) is 6.34. The lowest BCUT2D eigenvalue weighted by Crippen LogP contribution is -2.50. The van der Waals surface area contributed by atoms with Crippen molar-refractivity contribution in [1.29, 1.82) is 5.26 Å². The fraction of sp³-hybridized carbons (Fsp3) is 0.368. The molecule has 0 atom stereocenters. The van der Waals surface area contributed by atoms with Crippen molar-refractivity contribution in [3.8, 4) is 6.07 Å². The first-order chi connectivity index (χ1) is 13.7. The second-order valence-corrected chi connectivity index (χ2v) is 6.34. The maximum absolute atomic E-state index is 13.1. The van der Waals surface area contributed by atoms with Gasteiger partial charge in [-0.05, 0) is 25.1 Å². The van der Waals surface area contributed by atoms with E-state index in [1.54, 1.807) is 35.5 Å². The predicted octanol–water partition coefficient (Wildman–Crippen LogP) is 1.68. The Bertz CT molecular complexity index is 830. The summed E-state index contributed by atoms with van der Waals surface area (Å²) in [4.78, 5) is 25.3. The third kappa shape index (κ3) is 4.94. The van der Waals surface area contributed by atoms with Gasteiger partial charge < -0.3 is 16.0 Å². The zero-order valence-electron chi connectivity index (χ0n) is 15.9. The smallest absolute Gasteiger partial charge is 0.327 e. The van der Waals surface area contributed by atoms with E-state index in [1.165, 1.54) is 6.20 Å². The molecule has 0 aliphatic carbocycles. The van der Waals surface area contributed by atoms with Crippen LogP contribution in [0.3, 0.4) is 0 Å². The number of carbonyl (C=O) groups excluding carboxylic acids is 1. The highest BCUT2D eigenvalue weighted by atomic mass is 16.2. The van der Waals surface area contributed by atoms with Gasteiger partial charge in [0, 0.05) is 45.1 Å². The summed E-state index contributed by atoms with van der Waals surface area (Å²) < 4.78 is 0. The highest BCUT2D eigenvalue weighted by Gasteiger charge is 2.24. The molecule has 3 N–H and O–H groups in total. The fourth-order valence-electron chi connectivity index (χ4n) is 2.95. The van der Waals surface area contributed by atoms with Crippen molar-refractivity contribution in [2.75, 3.05) is 54.9 Å². The number of anilines is 3. The van der Waals surface area contributed by atoms with Gasteiger partial charge in [0.15, 0.2) is 0 Å². The number of nitrogens with zero attached hydrogens (tertiary/aromatic N) is 5. The Kier molecular flexibility index (Phi) is 6.73. The summed E-state index contributed by atoms with van der Waals surface area (Å²) in [6.45, 7) is 6.40.